The fourth-order valence-electron chi connectivity index (χ4n) is 2.72. The summed E-state index contributed by atoms with van der Waals surface area (Å²) >= 11 is 0. The Morgan fingerprint density at radius 2 is 2.33 bits per heavy atom. The summed E-state index contributed by atoms with van der Waals surface area (Å²) in [6.07, 6.45) is 3.66. The summed E-state index contributed by atoms with van der Waals surface area (Å²) in [5.41, 5.74) is 2.55. The maximum atomic E-state index is 4.61. The molecule has 2 heterocycles. The fraction of sp³-hybridized carbons (Fsp3) is 0.786. The quantitative estimate of drug-likeness (QED) is 0.833. The van der Waals surface area contributed by atoms with Gasteiger partial charge in [-0.25, -0.2) is 0 Å². The highest BCUT2D eigenvalue weighted by molar-refractivity contribution is 5.10. The van der Waals surface area contributed by atoms with Crippen LogP contribution in [0.5, 0.6) is 0 Å². The second kappa shape index (κ2) is 6.34. The van der Waals surface area contributed by atoms with Gasteiger partial charge in [0.25, 0.3) is 0 Å². The third-order valence-electron chi connectivity index (χ3n) is 3.70. The molecule has 1 aliphatic rings. The van der Waals surface area contributed by atoms with Crippen molar-refractivity contribution in [3.05, 3.63) is 17.5 Å². The van der Waals surface area contributed by atoms with Gasteiger partial charge in [0.2, 0.25) is 0 Å². The van der Waals surface area contributed by atoms with Crippen molar-refractivity contribution in [3.63, 3.8) is 0 Å². The predicted molar refractivity (Wildman–Crippen MR) is 74.6 cm³/mol. The summed E-state index contributed by atoms with van der Waals surface area (Å²) in [4.78, 5) is 2.41. The molecule has 0 amide bonds. The first-order valence-corrected chi connectivity index (χ1v) is 7.20. The SMILES string of the molecule is CCc1cc(CN(C)CC2CCCN2)n(CC)n1. The fourth-order valence-corrected chi connectivity index (χ4v) is 2.72. The van der Waals surface area contributed by atoms with Crippen LogP contribution in [0, 0.1) is 0 Å². The number of nitrogens with zero attached hydrogens (tertiary/aromatic N) is 3. The Morgan fingerprint density at radius 3 is 2.94 bits per heavy atom. The molecular formula is C14H26N4. The Bertz CT molecular complexity index is 366. The van der Waals surface area contributed by atoms with Crippen molar-refractivity contribution in [1.29, 1.82) is 0 Å². The van der Waals surface area contributed by atoms with Crippen molar-refractivity contribution >= 4 is 0 Å². The van der Waals surface area contributed by atoms with Gasteiger partial charge in [-0.2, -0.15) is 5.10 Å². The van der Waals surface area contributed by atoms with E-state index in [1.807, 2.05) is 0 Å². The summed E-state index contributed by atoms with van der Waals surface area (Å²) in [6.45, 7) is 8.61. The molecule has 2 rings (SSSR count). The second-order valence-corrected chi connectivity index (χ2v) is 5.29. The van der Waals surface area contributed by atoms with Gasteiger partial charge in [0.15, 0.2) is 0 Å². The molecule has 0 spiro atoms. The molecule has 1 saturated heterocycles. The summed E-state index contributed by atoms with van der Waals surface area (Å²) in [5.74, 6) is 0. The number of nitrogens with one attached hydrogen (secondary N) is 1. The van der Waals surface area contributed by atoms with Crippen LogP contribution in [0.25, 0.3) is 0 Å². The van der Waals surface area contributed by atoms with Crippen LogP contribution in [0.1, 0.15) is 38.1 Å². The highest BCUT2D eigenvalue weighted by Gasteiger charge is 2.17. The smallest absolute Gasteiger partial charge is 0.0625 e. The third-order valence-corrected chi connectivity index (χ3v) is 3.70. The molecule has 1 fully saturated rings. The molecule has 18 heavy (non-hydrogen) atoms. The second-order valence-electron chi connectivity index (χ2n) is 5.29. The third kappa shape index (κ3) is 3.33. The molecule has 4 heteroatoms. The van der Waals surface area contributed by atoms with Crippen molar-refractivity contribution in [2.24, 2.45) is 0 Å². The van der Waals surface area contributed by atoms with Gasteiger partial charge in [0.05, 0.1) is 11.4 Å². The first-order valence-electron chi connectivity index (χ1n) is 7.20. The summed E-state index contributed by atoms with van der Waals surface area (Å²) in [6, 6.07) is 2.93. The van der Waals surface area contributed by atoms with E-state index in [4.69, 9.17) is 0 Å². The molecule has 1 aromatic heterocycles. The minimum absolute atomic E-state index is 0.679. The Kier molecular flexibility index (Phi) is 4.78. The zero-order chi connectivity index (χ0) is 13.0. The van der Waals surface area contributed by atoms with Crippen molar-refractivity contribution < 1.29 is 0 Å². The van der Waals surface area contributed by atoms with Gasteiger partial charge < -0.3 is 5.32 Å². The van der Waals surface area contributed by atoms with Crippen LogP contribution in [0.3, 0.4) is 0 Å². The zero-order valence-corrected chi connectivity index (χ0v) is 11.9. The Labute approximate surface area is 110 Å². The molecule has 1 atom stereocenters. The van der Waals surface area contributed by atoms with Gasteiger partial charge in [-0.15, -0.1) is 0 Å². The number of aryl methyl sites for hydroxylation is 2. The van der Waals surface area contributed by atoms with E-state index in [9.17, 15) is 0 Å². The van der Waals surface area contributed by atoms with Crippen LogP contribution in [-0.4, -0.2) is 40.9 Å². The number of rotatable bonds is 6. The lowest BCUT2D eigenvalue weighted by atomic mass is 10.2. The first-order chi connectivity index (χ1) is 8.72. The molecule has 1 aromatic rings. The van der Waals surface area contributed by atoms with E-state index in [2.05, 4.69) is 47.0 Å². The van der Waals surface area contributed by atoms with Gasteiger partial charge in [-0.05, 0) is 45.8 Å². The minimum Gasteiger partial charge on any atom is -0.313 e. The Hall–Kier alpha value is -0.870. The predicted octanol–water partition coefficient (Wildman–Crippen LogP) is 1.65. The molecule has 1 unspecified atom stereocenters. The van der Waals surface area contributed by atoms with Crippen LogP contribution >= 0.6 is 0 Å². The number of aromatic nitrogens is 2. The van der Waals surface area contributed by atoms with Crippen molar-refractivity contribution in [2.45, 2.75) is 52.2 Å². The first kappa shape index (κ1) is 13.6. The summed E-state index contributed by atoms with van der Waals surface area (Å²) in [5, 5.41) is 8.16. The van der Waals surface area contributed by atoms with Crippen LogP contribution in [-0.2, 0) is 19.5 Å². The summed E-state index contributed by atoms with van der Waals surface area (Å²) in [7, 11) is 2.21. The molecule has 0 aliphatic carbocycles. The van der Waals surface area contributed by atoms with Crippen LogP contribution in [0.4, 0.5) is 0 Å². The van der Waals surface area contributed by atoms with Gasteiger partial charge in [0, 0.05) is 25.7 Å². The zero-order valence-electron chi connectivity index (χ0n) is 11.9. The molecular weight excluding hydrogens is 224 g/mol. The molecule has 0 aromatic carbocycles. The average Bonchev–Trinajstić information content (AvgIpc) is 2.98. The van der Waals surface area contributed by atoms with E-state index in [0.29, 0.717) is 6.04 Å². The Balaban J connectivity index is 1.92. The van der Waals surface area contributed by atoms with Gasteiger partial charge >= 0.3 is 0 Å². The molecule has 0 radical (unpaired) electrons. The van der Waals surface area contributed by atoms with Crippen molar-refractivity contribution in [1.82, 2.24) is 20.0 Å². The largest absolute Gasteiger partial charge is 0.313 e. The van der Waals surface area contributed by atoms with Gasteiger partial charge in [0.1, 0.15) is 0 Å². The topological polar surface area (TPSA) is 33.1 Å². The minimum atomic E-state index is 0.679. The van der Waals surface area contributed by atoms with E-state index in [-0.39, 0.29) is 0 Å². The van der Waals surface area contributed by atoms with Gasteiger partial charge in [-0.1, -0.05) is 6.92 Å². The van der Waals surface area contributed by atoms with E-state index < -0.39 is 0 Å². The maximum absolute atomic E-state index is 4.61. The van der Waals surface area contributed by atoms with E-state index in [1.165, 1.54) is 30.8 Å². The molecule has 4 nitrogen and oxygen atoms in total. The standard InChI is InChI=1S/C14H26N4/c1-4-12-9-14(18(5-2)16-12)11-17(3)10-13-7-6-8-15-13/h9,13,15H,4-8,10-11H2,1-3H3. The van der Waals surface area contributed by atoms with E-state index >= 15 is 0 Å². The van der Waals surface area contributed by atoms with Crippen LogP contribution < -0.4 is 5.32 Å². The average molecular weight is 250 g/mol. The monoisotopic (exact) mass is 250 g/mol. The normalized spacial score (nSPS) is 19.9. The maximum Gasteiger partial charge on any atom is 0.0625 e. The number of hydrogen-bond donors (Lipinski definition) is 1. The van der Waals surface area contributed by atoms with Gasteiger partial charge in [-0.3, -0.25) is 9.58 Å². The molecule has 0 bridgehead atoms. The highest BCUT2D eigenvalue weighted by atomic mass is 15.3. The lowest BCUT2D eigenvalue weighted by Gasteiger charge is -2.21. The number of hydrogen-bond acceptors (Lipinski definition) is 3. The van der Waals surface area contributed by atoms with Crippen molar-refractivity contribution in [2.75, 3.05) is 20.1 Å². The Morgan fingerprint density at radius 1 is 1.50 bits per heavy atom. The number of likely N-dealkylation sites (N-methyl/N-ethyl adjacent to an activating group) is 1. The van der Waals surface area contributed by atoms with Crippen molar-refractivity contribution in [3.8, 4) is 0 Å². The summed E-state index contributed by atoms with van der Waals surface area (Å²) < 4.78 is 2.14. The van der Waals surface area contributed by atoms with Crippen LogP contribution in [0.2, 0.25) is 0 Å². The highest BCUT2D eigenvalue weighted by Crippen LogP contribution is 2.11. The van der Waals surface area contributed by atoms with E-state index in [0.717, 1.165) is 26.1 Å². The molecule has 0 saturated carbocycles. The molecule has 1 aliphatic heterocycles. The lowest BCUT2D eigenvalue weighted by molar-refractivity contribution is 0.284. The molecule has 1 N–H and O–H groups in total. The lowest BCUT2D eigenvalue weighted by Crippen LogP contribution is -2.35. The van der Waals surface area contributed by atoms with E-state index in [1.54, 1.807) is 0 Å². The molecule has 102 valence electrons. The van der Waals surface area contributed by atoms with Crippen LogP contribution in [0.15, 0.2) is 6.07 Å².